The van der Waals surface area contributed by atoms with Crippen molar-refractivity contribution >= 4 is 11.4 Å². The van der Waals surface area contributed by atoms with Gasteiger partial charge in [0, 0.05) is 0 Å². The van der Waals surface area contributed by atoms with Gasteiger partial charge in [0.2, 0.25) is 0 Å². The molecule has 0 aliphatic rings. The van der Waals surface area contributed by atoms with E-state index in [9.17, 15) is 4.21 Å². The van der Waals surface area contributed by atoms with Crippen molar-refractivity contribution in [3.8, 4) is 0 Å². The Bertz CT molecular complexity index is 46.8. The van der Waals surface area contributed by atoms with Crippen LogP contribution in [0.3, 0.4) is 0 Å². The van der Waals surface area contributed by atoms with E-state index in [4.69, 9.17) is 0 Å². The molecule has 0 fully saturated rings. The van der Waals surface area contributed by atoms with Crippen LogP contribution in [0.15, 0.2) is 0 Å². The quantitative estimate of drug-likeness (QED) is 0.660. The first-order valence-electron chi connectivity index (χ1n) is 0.865. The van der Waals surface area contributed by atoms with Gasteiger partial charge in [-0.1, -0.05) is 0 Å². The Labute approximate surface area is 92.1 Å². The minimum absolute atomic E-state index is 0.645. The van der Waals surface area contributed by atoms with Crippen LogP contribution < -0.4 is 0 Å². The molecule has 0 N–H and O–H groups in total. The number of rotatable bonds is 2. The van der Waals surface area contributed by atoms with Crippen LogP contribution in [0.25, 0.3) is 0 Å². The van der Waals surface area contributed by atoms with Crippen LogP contribution in [-0.4, -0.2) is 4.21 Å². The average molecular weight is 370 g/mol. The zero-order chi connectivity index (χ0) is 4.99. The van der Waals surface area contributed by atoms with Crippen molar-refractivity contribution in [3.63, 3.8) is 0 Å². The van der Waals surface area contributed by atoms with E-state index in [2.05, 4.69) is 1.13 Å². The monoisotopic (exact) mass is 370 g/mol. The summed E-state index contributed by atoms with van der Waals surface area (Å²) in [5.41, 5.74) is 0. The molecular weight excluding hydrogens is 370 g/mol. The van der Waals surface area contributed by atoms with Gasteiger partial charge in [-0.25, -0.2) is 0 Å². The zero-order valence-corrected chi connectivity index (χ0v) is 9.08. The zero-order valence-electron chi connectivity index (χ0n) is 2.53. The van der Waals surface area contributed by atoms with Gasteiger partial charge in [-0.2, -0.15) is 0 Å². The van der Waals surface area contributed by atoms with Gasteiger partial charge in [0.15, 0.2) is 0 Å². The van der Waals surface area contributed by atoms with E-state index in [1.54, 1.807) is 0 Å². The molecule has 0 aromatic heterocycles. The van der Waals surface area contributed by atoms with Crippen molar-refractivity contribution in [3.05, 3.63) is 0 Å². The van der Waals surface area contributed by atoms with E-state index < -0.39 is 11.4 Å². The molecule has 0 amide bonds. The van der Waals surface area contributed by atoms with Crippen LogP contribution >= 0.6 is 0 Å². The fraction of sp³-hybridized carbons (Fsp3) is 0. The average Bonchev–Trinajstić information content (AvgIpc) is 1.65. The molecule has 0 atom stereocenters. The van der Waals surface area contributed by atoms with E-state index >= 15 is 0 Å². The van der Waals surface area contributed by atoms with Gasteiger partial charge in [-0.3, -0.25) is 0 Å². The molecule has 0 unspecified atom stereocenters. The standard InChI is InChI=1S/H2O3S.2Pm/c1-4(2)3;;/h(H2,1,2,3);;/q;2*+1/p-2. The van der Waals surface area contributed by atoms with Crippen molar-refractivity contribution in [1.29, 1.82) is 0 Å². The third-order valence-corrected chi connectivity index (χ3v) is 2.71. The fourth-order valence-electron chi connectivity index (χ4n) is 0.0136. The Balaban J connectivity index is 2.99. The molecular formula is O3Pm2S. The predicted octanol–water partition coefficient (Wildman–Crippen LogP) is -0.473. The second kappa shape index (κ2) is 5.87. The van der Waals surface area contributed by atoms with Gasteiger partial charge in [-0.05, 0) is 0 Å². The Kier molecular flexibility index (Phi) is 8.56. The molecule has 6 heavy (non-hydrogen) atoms. The van der Waals surface area contributed by atoms with Crippen molar-refractivity contribution in [2.24, 2.45) is 0 Å². The Morgan fingerprint density at radius 2 is 1.67 bits per heavy atom. The second-order valence-electron chi connectivity index (χ2n) is 0.353. The summed E-state index contributed by atoms with van der Waals surface area (Å²) in [6.45, 7) is 0. The predicted molar refractivity (Wildman–Crippen MR) is 10.3 cm³/mol. The molecule has 0 saturated carbocycles. The van der Waals surface area contributed by atoms with Gasteiger partial charge < -0.3 is 0 Å². The van der Waals surface area contributed by atoms with Gasteiger partial charge in [0.25, 0.3) is 0 Å². The molecule has 3 nitrogen and oxygen atoms in total. The van der Waals surface area contributed by atoms with E-state index in [1.165, 1.54) is 0 Å². The molecule has 0 radical (unpaired) electrons. The molecule has 0 aromatic carbocycles. The van der Waals surface area contributed by atoms with Gasteiger partial charge in [0.1, 0.15) is 0 Å². The van der Waals surface area contributed by atoms with Gasteiger partial charge in [-0.15, -0.1) is 0 Å². The third kappa shape index (κ3) is 4.89. The first kappa shape index (κ1) is 8.75. The van der Waals surface area contributed by atoms with Gasteiger partial charge >= 0.3 is 94.6 Å². The summed E-state index contributed by atoms with van der Waals surface area (Å²) in [7, 11) is 0. The molecule has 34 valence electrons. The SMILES string of the molecule is O=S([O][Pm])[O][Pm]. The number of hydrogen-bond donors (Lipinski definition) is 0. The summed E-state index contributed by atoms with van der Waals surface area (Å²) in [5.74, 6) is 0. The van der Waals surface area contributed by atoms with E-state index in [1.807, 2.05) is 0 Å². The molecule has 0 saturated heterocycles. The third-order valence-electron chi connectivity index (χ3n) is 0.122. The normalized spacial score (nSPS) is 9.50. The summed E-state index contributed by atoms with van der Waals surface area (Å²) >= 11 is -0.146. The summed E-state index contributed by atoms with van der Waals surface area (Å²) in [6.07, 6.45) is 0. The van der Waals surface area contributed by atoms with E-state index in [0.29, 0.717) is 77.9 Å². The Morgan fingerprint density at radius 1 is 1.33 bits per heavy atom. The topological polar surface area (TPSA) is 35.5 Å². The molecule has 0 heterocycles. The van der Waals surface area contributed by atoms with Crippen LogP contribution in [0.2, 0.25) is 0 Å². The van der Waals surface area contributed by atoms with Crippen LogP contribution in [-0.2, 0) is 12.5 Å². The fourth-order valence-corrected chi connectivity index (χ4v) is 2.25. The molecule has 6 heteroatoms. The number of hydrogen-bond acceptors (Lipinski definition) is 3. The van der Waals surface area contributed by atoms with E-state index in [0.717, 1.165) is 0 Å². The molecule has 0 aromatic rings. The van der Waals surface area contributed by atoms with Crippen molar-refractivity contribution in [2.45, 2.75) is 0 Å². The van der Waals surface area contributed by atoms with Crippen molar-refractivity contribution in [2.75, 3.05) is 0 Å². The second-order valence-corrected chi connectivity index (χ2v) is 3.93. The summed E-state index contributed by atoms with van der Waals surface area (Å²) in [6, 6.07) is 0. The molecule has 0 aliphatic heterocycles. The molecule has 0 rings (SSSR count). The minimum atomic E-state index is -1.44. The van der Waals surface area contributed by atoms with Crippen molar-refractivity contribution in [1.82, 2.24) is 0 Å². The maximum atomic E-state index is 9.90. The Morgan fingerprint density at radius 3 is 1.67 bits per heavy atom. The maximum absolute atomic E-state index is 9.90. The summed E-state index contributed by atoms with van der Waals surface area (Å²) < 4.78 is 18.5. The first-order valence-corrected chi connectivity index (χ1v) is 4.21. The van der Waals surface area contributed by atoms with E-state index in [-0.39, 0.29) is 0 Å². The molecule has 0 aliphatic carbocycles. The summed E-state index contributed by atoms with van der Waals surface area (Å²) in [4.78, 5) is 0. The molecule has 0 spiro atoms. The summed E-state index contributed by atoms with van der Waals surface area (Å²) in [5, 5.41) is 0. The van der Waals surface area contributed by atoms with Gasteiger partial charge in [0.05, 0.1) is 0 Å². The molecule has 0 bridgehead atoms. The van der Waals surface area contributed by atoms with Crippen LogP contribution in [0.5, 0.6) is 0 Å². The van der Waals surface area contributed by atoms with Crippen LogP contribution in [0.1, 0.15) is 0 Å². The Hall–Kier alpha value is 2.75. The van der Waals surface area contributed by atoms with Crippen LogP contribution in [0, 0.1) is 77.9 Å². The van der Waals surface area contributed by atoms with Crippen LogP contribution in [0.4, 0.5) is 0 Å². The van der Waals surface area contributed by atoms with Crippen molar-refractivity contribution < 1.29 is 83.2 Å². The first-order chi connectivity index (χ1) is 2.81.